The number of hydrogen-bond acceptors (Lipinski definition) is 5. The lowest BCUT2D eigenvalue weighted by molar-refractivity contribution is -0.122. The number of rotatable bonds is 4. The molecule has 3 N–H and O–H groups in total. The van der Waals surface area contributed by atoms with E-state index in [2.05, 4.69) is 5.32 Å². The van der Waals surface area contributed by atoms with Gasteiger partial charge in [0.15, 0.2) is 0 Å². The molecule has 27 heavy (non-hydrogen) atoms. The van der Waals surface area contributed by atoms with Crippen LogP contribution >= 0.6 is 0 Å². The molecule has 1 aromatic carbocycles. The number of amides is 2. The van der Waals surface area contributed by atoms with Crippen LogP contribution in [0.4, 0.5) is 0 Å². The minimum absolute atomic E-state index is 0.0874. The maximum Gasteiger partial charge on any atom is 0.253 e. The fraction of sp³-hybridized carbons (Fsp3) is 0.556. The molecule has 8 nitrogen and oxygen atoms in total. The van der Waals surface area contributed by atoms with E-state index in [1.807, 2.05) is 6.92 Å². The third kappa shape index (κ3) is 4.31. The van der Waals surface area contributed by atoms with Gasteiger partial charge in [-0.15, -0.1) is 0 Å². The van der Waals surface area contributed by atoms with E-state index in [0.717, 1.165) is 17.1 Å². The first kappa shape index (κ1) is 19.8. The number of nitrogens with two attached hydrogens (primary N) is 1. The second-order valence-corrected chi connectivity index (χ2v) is 9.14. The van der Waals surface area contributed by atoms with Crippen LogP contribution in [0.3, 0.4) is 0 Å². The zero-order valence-electron chi connectivity index (χ0n) is 15.4. The Morgan fingerprint density at radius 2 is 1.81 bits per heavy atom. The van der Waals surface area contributed by atoms with Crippen LogP contribution in [0.15, 0.2) is 29.2 Å². The van der Waals surface area contributed by atoms with Crippen LogP contribution in [-0.2, 0) is 14.8 Å². The Hall–Kier alpha value is -1.97. The van der Waals surface area contributed by atoms with E-state index in [0.29, 0.717) is 31.1 Å². The Kier molecular flexibility index (Phi) is 5.83. The molecule has 1 unspecified atom stereocenters. The quantitative estimate of drug-likeness (QED) is 0.747. The average Bonchev–Trinajstić information content (AvgIpc) is 2.67. The van der Waals surface area contributed by atoms with Gasteiger partial charge in [0.1, 0.15) is 0 Å². The first-order chi connectivity index (χ1) is 12.8. The molecular formula is C18H26N4O4S. The lowest BCUT2D eigenvalue weighted by atomic mass is 9.90. The summed E-state index contributed by atoms with van der Waals surface area (Å²) in [7, 11) is -3.75. The van der Waals surface area contributed by atoms with Crippen molar-refractivity contribution in [1.82, 2.24) is 14.5 Å². The van der Waals surface area contributed by atoms with Crippen LogP contribution in [0.2, 0.25) is 0 Å². The van der Waals surface area contributed by atoms with Crippen LogP contribution in [-0.4, -0.2) is 68.2 Å². The molecule has 148 valence electrons. The lowest BCUT2D eigenvalue weighted by Crippen LogP contribution is -2.49. The van der Waals surface area contributed by atoms with E-state index in [1.165, 1.54) is 24.3 Å². The van der Waals surface area contributed by atoms with Crippen LogP contribution in [0, 0.1) is 5.92 Å². The molecule has 3 rings (SSSR count). The predicted octanol–water partition coefficient (Wildman–Crippen LogP) is 0.00650. The van der Waals surface area contributed by atoms with Gasteiger partial charge in [0.2, 0.25) is 15.9 Å². The van der Waals surface area contributed by atoms with E-state index >= 15 is 0 Å². The maximum atomic E-state index is 12.7. The van der Waals surface area contributed by atoms with Gasteiger partial charge in [0.05, 0.1) is 11.4 Å². The molecule has 0 aromatic heterocycles. The molecule has 0 bridgehead atoms. The van der Waals surface area contributed by atoms with Crippen LogP contribution in [0.5, 0.6) is 0 Å². The van der Waals surface area contributed by atoms with Gasteiger partial charge in [-0.05, 0) is 49.9 Å². The van der Waals surface area contributed by atoms with E-state index in [-0.39, 0.29) is 35.8 Å². The molecule has 0 saturated carbocycles. The van der Waals surface area contributed by atoms with Crippen LogP contribution in [0.25, 0.3) is 0 Å². The molecule has 2 saturated heterocycles. The Bertz CT molecular complexity index is 799. The number of nitrogens with one attached hydrogen (secondary N) is 1. The van der Waals surface area contributed by atoms with Gasteiger partial charge >= 0.3 is 0 Å². The van der Waals surface area contributed by atoms with Gasteiger partial charge in [-0.2, -0.15) is 4.31 Å². The van der Waals surface area contributed by atoms with Crippen molar-refractivity contribution >= 4 is 21.8 Å². The van der Waals surface area contributed by atoms with Crippen molar-refractivity contribution in [3.63, 3.8) is 0 Å². The first-order valence-corrected chi connectivity index (χ1v) is 10.6. The smallest absolute Gasteiger partial charge is 0.253 e. The van der Waals surface area contributed by atoms with Crippen molar-refractivity contribution in [2.45, 2.75) is 30.7 Å². The van der Waals surface area contributed by atoms with Gasteiger partial charge in [-0.25, -0.2) is 8.42 Å². The monoisotopic (exact) mass is 394 g/mol. The first-order valence-electron chi connectivity index (χ1n) is 9.21. The highest BCUT2D eigenvalue weighted by Gasteiger charge is 2.30. The predicted molar refractivity (Wildman–Crippen MR) is 100 cm³/mol. The summed E-state index contributed by atoms with van der Waals surface area (Å²) in [5.41, 5.74) is 6.40. The third-order valence-corrected chi connectivity index (χ3v) is 7.17. The second kappa shape index (κ2) is 7.95. The topological polar surface area (TPSA) is 113 Å². The molecule has 1 atom stereocenters. The molecule has 1 aromatic rings. The number of sulfonamides is 1. The minimum Gasteiger partial charge on any atom is -0.354 e. The van der Waals surface area contributed by atoms with E-state index < -0.39 is 10.0 Å². The fourth-order valence-corrected chi connectivity index (χ4v) is 4.95. The van der Waals surface area contributed by atoms with Crippen molar-refractivity contribution < 1.29 is 18.0 Å². The summed E-state index contributed by atoms with van der Waals surface area (Å²) < 4.78 is 26.5. The Morgan fingerprint density at radius 1 is 1.19 bits per heavy atom. The number of piperazine rings is 1. The van der Waals surface area contributed by atoms with Crippen molar-refractivity contribution in [3.8, 4) is 0 Å². The molecular weight excluding hydrogens is 368 g/mol. The van der Waals surface area contributed by atoms with Crippen LogP contribution in [0.1, 0.15) is 30.1 Å². The second-order valence-electron chi connectivity index (χ2n) is 7.20. The van der Waals surface area contributed by atoms with Crippen molar-refractivity contribution in [2.24, 2.45) is 11.7 Å². The number of hydrogen-bond donors (Lipinski definition) is 2. The molecule has 9 heteroatoms. The highest BCUT2D eigenvalue weighted by molar-refractivity contribution is 7.89. The Labute approximate surface area is 159 Å². The maximum absolute atomic E-state index is 12.7. The summed E-state index contributed by atoms with van der Waals surface area (Å²) in [6.07, 6.45) is 1.76. The molecule has 2 aliphatic rings. The summed E-state index contributed by atoms with van der Waals surface area (Å²) in [6, 6.07) is 6.07. The van der Waals surface area contributed by atoms with E-state index in [9.17, 15) is 18.0 Å². The van der Waals surface area contributed by atoms with Gasteiger partial charge < -0.3 is 16.0 Å². The molecule has 0 radical (unpaired) electrons. The van der Waals surface area contributed by atoms with Crippen molar-refractivity contribution in [2.75, 3.05) is 32.7 Å². The molecule has 2 aliphatic heterocycles. The molecule has 0 aliphatic carbocycles. The van der Waals surface area contributed by atoms with E-state index in [4.69, 9.17) is 5.73 Å². The number of carbonyl (C=O) groups excluding carboxylic acids is 2. The number of piperidine rings is 1. The normalized spacial score (nSPS) is 21.0. The number of likely N-dealkylation sites (tertiary alicyclic amines) is 1. The average molecular weight is 394 g/mol. The standard InChI is InChI=1S/C18H26N4O4S/c1-13(19)14-6-9-21(10-7-14)18(24)15-2-4-16(5-3-15)27(25,26)22-11-8-20-17(23)12-22/h2-5,13-14H,6-12,19H2,1H3,(H,20,23). The largest absolute Gasteiger partial charge is 0.354 e. The summed E-state index contributed by atoms with van der Waals surface area (Å²) in [5, 5.41) is 2.60. The number of nitrogens with zero attached hydrogens (tertiary/aromatic N) is 2. The molecule has 0 spiro atoms. The summed E-state index contributed by atoms with van der Waals surface area (Å²) >= 11 is 0. The number of carbonyl (C=O) groups is 2. The number of benzene rings is 1. The van der Waals surface area contributed by atoms with Gasteiger partial charge in [-0.1, -0.05) is 0 Å². The summed E-state index contributed by atoms with van der Waals surface area (Å²) in [4.78, 5) is 26.0. The Morgan fingerprint density at radius 3 is 2.37 bits per heavy atom. The van der Waals surface area contributed by atoms with Crippen molar-refractivity contribution in [1.29, 1.82) is 0 Å². The lowest BCUT2D eigenvalue weighted by Gasteiger charge is -2.33. The Balaban J connectivity index is 1.68. The minimum atomic E-state index is -3.75. The summed E-state index contributed by atoms with van der Waals surface area (Å²) in [6.45, 7) is 3.67. The summed E-state index contributed by atoms with van der Waals surface area (Å²) in [5.74, 6) is 0.0227. The third-order valence-electron chi connectivity index (χ3n) is 5.31. The zero-order chi connectivity index (χ0) is 19.6. The molecule has 2 fully saturated rings. The molecule has 2 amide bonds. The molecule has 2 heterocycles. The van der Waals surface area contributed by atoms with Gasteiger partial charge in [-0.3, -0.25) is 9.59 Å². The highest BCUT2D eigenvalue weighted by atomic mass is 32.2. The van der Waals surface area contributed by atoms with Crippen LogP contribution < -0.4 is 11.1 Å². The highest BCUT2D eigenvalue weighted by Crippen LogP contribution is 2.22. The van der Waals surface area contributed by atoms with E-state index in [1.54, 1.807) is 4.90 Å². The fourth-order valence-electron chi connectivity index (χ4n) is 3.55. The van der Waals surface area contributed by atoms with Gasteiger partial charge in [0, 0.05) is 37.8 Å². The zero-order valence-corrected chi connectivity index (χ0v) is 16.2. The van der Waals surface area contributed by atoms with Gasteiger partial charge in [0.25, 0.3) is 5.91 Å². The SMILES string of the molecule is CC(N)C1CCN(C(=O)c2ccc(S(=O)(=O)N3CCNC(=O)C3)cc2)CC1. The van der Waals surface area contributed by atoms with Crippen molar-refractivity contribution in [3.05, 3.63) is 29.8 Å².